The number of carbonyl (C=O) groups is 2. The Hall–Kier alpha value is -1.26. The number of hydrogen-bond acceptors (Lipinski definition) is 2. The van der Waals surface area contributed by atoms with Crippen LogP contribution < -0.4 is 10.6 Å². The summed E-state index contributed by atoms with van der Waals surface area (Å²) in [5.74, 6) is 0.527. The molecule has 21 heavy (non-hydrogen) atoms. The average Bonchev–Trinajstić information content (AvgIpc) is 2.36. The number of hydrogen-bond donors (Lipinski definition) is 3. The van der Waals surface area contributed by atoms with Crippen molar-refractivity contribution < 1.29 is 14.7 Å². The molecule has 5 nitrogen and oxygen atoms in total. The van der Waals surface area contributed by atoms with E-state index in [0.29, 0.717) is 12.5 Å². The summed E-state index contributed by atoms with van der Waals surface area (Å²) in [7, 11) is 0. The normalized spacial score (nSPS) is 24.2. The van der Waals surface area contributed by atoms with E-state index in [1.807, 2.05) is 0 Å². The van der Waals surface area contributed by atoms with Crippen molar-refractivity contribution in [3.05, 3.63) is 0 Å². The zero-order valence-electron chi connectivity index (χ0n) is 13.7. The fourth-order valence-electron chi connectivity index (χ4n) is 2.84. The van der Waals surface area contributed by atoms with E-state index in [2.05, 4.69) is 17.6 Å². The minimum Gasteiger partial charge on any atom is -0.480 e. The fourth-order valence-corrected chi connectivity index (χ4v) is 2.84. The number of rotatable bonds is 5. The summed E-state index contributed by atoms with van der Waals surface area (Å²) < 4.78 is 0. The number of carboxylic acid groups (broad SMARTS) is 1. The summed E-state index contributed by atoms with van der Waals surface area (Å²) in [6.07, 6.45) is 6.02. The van der Waals surface area contributed by atoms with Crippen LogP contribution in [-0.2, 0) is 4.79 Å². The number of nitrogens with one attached hydrogen (secondary N) is 2. The van der Waals surface area contributed by atoms with Gasteiger partial charge in [-0.2, -0.15) is 0 Å². The molecule has 3 N–H and O–H groups in total. The highest BCUT2D eigenvalue weighted by atomic mass is 16.4. The maximum absolute atomic E-state index is 11.8. The van der Waals surface area contributed by atoms with Crippen LogP contribution in [-0.4, -0.2) is 29.7 Å². The molecule has 1 rings (SSSR count). The smallest absolute Gasteiger partial charge is 0.326 e. The molecule has 122 valence electrons. The van der Waals surface area contributed by atoms with E-state index in [1.54, 1.807) is 20.8 Å². The molecule has 1 saturated carbocycles. The maximum atomic E-state index is 11.8. The number of carbonyl (C=O) groups excluding carboxylic acids is 1. The number of urea groups is 1. The van der Waals surface area contributed by atoms with E-state index >= 15 is 0 Å². The van der Waals surface area contributed by atoms with Crippen LogP contribution in [0.4, 0.5) is 4.79 Å². The lowest BCUT2D eigenvalue weighted by molar-refractivity contribution is -0.141. The Kier molecular flexibility index (Phi) is 6.49. The molecule has 0 spiro atoms. The van der Waals surface area contributed by atoms with Gasteiger partial charge >= 0.3 is 12.0 Å². The zero-order chi connectivity index (χ0) is 16.0. The Morgan fingerprint density at radius 2 is 1.76 bits per heavy atom. The Morgan fingerprint density at radius 1 is 1.19 bits per heavy atom. The molecule has 1 atom stereocenters. The fraction of sp³-hybridized carbons (Fsp3) is 0.875. The van der Waals surface area contributed by atoms with Crippen molar-refractivity contribution in [2.45, 2.75) is 65.8 Å². The van der Waals surface area contributed by atoms with E-state index in [0.717, 1.165) is 12.3 Å². The Labute approximate surface area is 127 Å². The highest BCUT2D eigenvalue weighted by molar-refractivity contribution is 5.83. The van der Waals surface area contributed by atoms with Crippen LogP contribution in [0.1, 0.15) is 59.8 Å². The first kappa shape index (κ1) is 17.8. The molecule has 0 heterocycles. The number of carboxylic acids is 1. The lowest BCUT2D eigenvalue weighted by Crippen LogP contribution is -2.52. The Bertz CT molecular complexity index is 355. The maximum Gasteiger partial charge on any atom is 0.326 e. The Balaban J connectivity index is 2.28. The number of amides is 2. The van der Waals surface area contributed by atoms with Crippen LogP contribution in [0, 0.1) is 17.3 Å². The van der Waals surface area contributed by atoms with Gasteiger partial charge in [0.05, 0.1) is 0 Å². The van der Waals surface area contributed by atoms with Crippen LogP contribution >= 0.6 is 0 Å². The van der Waals surface area contributed by atoms with Crippen molar-refractivity contribution in [3.63, 3.8) is 0 Å². The van der Waals surface area contributed by atoms with Gasteiger partial charge in [0.15, 0.2) is 0 Å². The molecule has 0 aromatic heterocycles. The molecule has 0 aromatic carbocycles. The number of aliphatic carboxylic acids is 1. The summed E-state index contributed by atoms with van der Waals surface area (Å²) >= 11 is 0. The summed E-state index contributed by atoms with van der Waals surface area (Å²) in [6, 6.07) is -1.27. The molecule has 0 aromatic rings. The predicted octanol–water partition coefficient (Wildman–Crippen LogP) is 3.00. The van der Waals surface area contributed by atoms with Crippen molar-refractivity contribution in [1.29, 1.82) is 0 Å². The van der Waals surface area contributed by atoms with Gasteiger partial charge in [0.25, 0.3) is 0 Å². The molecule has 1 aliphatic rings. The third kappa shape index (κ3) is 6.36. The van der Waals surface area contributed by atoms with Crippen LogP contribution in [0.2, 0.25) is 0 Å². The van der Waals surface area contributed by atoms with Gasteiger partial charge in [-0.3, -0.25) is 0 Å². The summed E-state index contributed by atoms with van der Waals surface area (Å²) in [5, 5.41) is 14.5. The van der Waals surface area contributed by atoms with Gasteiger partial charge in [0.2, 0.25) is 0 Å². The first-order valence-corrected chi connectivity index (χ1v) is 7.97. The first-order valence-electron chi connectivity index (χ1n) is 7.97. The van der Waals surface area contributed by atoms with E-state index in [1.165, 1.54) is 25.7 Å². The van der Waals surface area contributed by atoms with Crippen molar-refractivity contribution in [1.82, 2.24) is 10.6 Å². The van der Waals surface area contributed by atoms with Crippen LogP contribution in [0.25, 0.3) is 0 Å². The second kappa shape index (κ2) is 7.66. The van der Waals surface area contributed by atoms with Gasteiger partial charge in [-0.05, 0) is 23.7 Å². The molecule has 1 unspecified atom stereocenters. The Morgan fingerprint density at radius 3 is 2.24 bits per heavy atom. The van der Waals surface area contributed by atoms with Gasteiger partial charge in [0, 0.05) is 6.54 Å². The molecule has 1 fully saturated rings. The zero-order valence-corrected chi connectivity index (χ0v) is 13.7. The SMILES string of the molecule is CC1CCC(CCNC(=O)NC(C(=O)O)C(C)(C)C)CC1. The van der Waals surface area contributed by atoms with Gasteiger partial charge in [-0.1, -0.05) is 53.4 Å². The largest absolute Gasteiger partial charge is 0.480 e. The van der Waals surface area contributed by atoms with E-state index in [4.69, 9.17) is 5.11 Å². The van der Waals surface area contributed by atoms with E-state index < -0.39 is 17.4 Å². The molecule has 0 bridgehead atoms. The highest BCUT2D eigenvalue weighted by Gasteiger charge is 2.32. The average molecular weight is 298 g/mol. The third-order valence-corrected chi connectivity index (χ3v) is 4.36. The predicted molar refractivity (Wildman–Crippen MR) is 83.2 cm³/mol. The molecular formula is C16H30N2O3. The molecule has 5 heteroatoms. The summed E-state index contributed by atoms with van der Waals surface area (Å²) in [4.78, 5) is 23.0. The lowest BCUT2D eigenvalue weighted by Gasteiger charge is -2.28. The van der Waals surface area contributed by atoms with Crippen molar-refractivity contribution in [3.8, 4) is 0 Å². The van der Waals surface area contributed by atoms with Crippen molar-refractivity contribution in [2.24, 2.45) is 17.3 Å². The third-order valence-electron chi connectivity index (χ3n) is 4.36. The van der Waals surface area contributed by atoms with E-state index in [-0.39, 0.29) is 6.03 Å². The highest BCUT2D eigenvalue weighted by Crippen LogP contribution is 2.29. The minimum absolute atomic E-state index is 0.387. The van der Waals surface area contributed by atoms with Crippen LogP contribution in [0.3, 0.4) is 0 Å². The quantitative estimate of drug-likeness (QED) is 0.730. The van der Waals surface area contributed by atoms with Crippen molar-refractivity contribution in [2.75, 3.05) is 6.54 Å². The van der Waals surface area contributed by atoms with Crippen molar-refractivity contribution >= 4 is 12.0 Å². The molecule has 1 aliphatic carbocycles. The molecule has 2 amide bonds. The second-order valence-corrected chi connectivity index (χ2v) is 7.45. The summed E-state index contributed by atoms with van der Waals surface area (Å²) in [5.41, 5.74) is -0.511. The standard InChI is InChI=1S/C16H30N2O3/c1-11-5-7-12(8-6-11)9-10-17-15(21)18-13(14(19)20)16(2,3)4/h11-13H,5-10H2,1-4H3,(H,19,20)(H2,17,18,21). The second-order valence-electron chi connectivity index (χ2n) is 7.45. The molecule has 0 radical (unpaired) electrons. The van der Waals surface area contributed by atoms with E-state index in [9.17, 15) is 9.59 Å². The minimum atomic E-state index is -1.00. The van der Waals surface area contributed by atoms with Gasteiger partial charge in [0.1, 0.15) is 6.04 Å². The molecular weight excluding hydrogens is 268 g/mol. The van der Waals surface area contributed by atoms with Gasteiger partial charge in [-0.25, -0.2) is 9.59 Å². The van der Waals surface area contributed by atoms with Crippen LogP contribution in [0.5, 0.6) is 0 Å². The molecule has 0 aliphatic heterocycles. The first-order chi connectivity index (χ1) is 9.70. The lowest BCUT2D eigenvalue weighted by atomic mass is 9.81. The summed E-state index contributed by atoms with van der Waals surface area (Å²) in [6.45, 7) is 8.31. The van der Waals surface area contributed by atoms with Gasteiger partial charge < -0.3 is 15.7 Å². The monoisotopic (exact) mass is 298 g/mol. The van der Waals surface area contributed by atoms with Gasteiger partial charge in [-0.15, -0.1) is 0 Å². The topological polar surface area (TPSA) is 78.4 Å². The van der Waals surface area contributed by atoms with Crippen LogP contribution in [0.15, 0.2) is 0 Å². The molecule has 0 saturated heterocycles.